The molecule has 2 aliphatic heterocycles. The Hall–Kier alpha value is -3.23. The highest BCUT2D eigenvalue weighted by molar-refractivity contribution is 7.17. The number of ether oxygens (including phenoxy) is 2. The van der Waals surface area contributed by atoms with Gasteiger partial charge in [0.15, 0.2) is 6.26 Å². The quantitative estimate of drug-likeness (QED) is 0.415. The summed E-state index contributed by atoms with van der Waals surface area (Å²) in [5.74, 6) is 1.68. The molecule has 3 heterocycles. The highest BCUT2D eigenvalue weighted by Crippen LogP contribution is 2.33. The molecule has 0 unspecified atom stereocenters. The molecule has 0 radical (unpaired) electrons. The van der Waals surface area contributed by atoms with Gasteiger partial charge in [-0.3, -0.25) is 4.90 Å². The molecular formula is C29H36N4O3S. The SMILES string of the molecule is NC(=O)N(CCCCN1CCCN(C2=COC=C(CC3=CC=CCC3)O2)CC1)c1csc2ccccc12. The van der Waals surface area contributed by atoms with Crippen molar-refractivity contribution < 1.29 is 14.3 Å². The highest BCUT2D eigenvalue weighted by Gasteiger charge is 2.22. The van der Waals surface area contributed by atoms with E-state index in [1.54, 1.807) is 28.8 Å². The number of allylic oxidation sites excluding steroid dienone is 4. The summed E-state index contributed by atoms with van der Waals surface area (Å²) in [6.07, 6.45) is 15.9. The van der Waals surface area contributed by atoms with E-state index < -0.39 is 0 Å². The Bertz CT molecular complexity index is 1210. The zero-order chi connectivity index (χ0) is 25.5. The van der Waals surface area contributed by atoms with Crippen LogP contribution in [0.4, 0.5) is 10.5 Å². The average molecular weight is 521 g/mol. The van der Waals surface area contributed by atoms with Gasteiger partial charge in [0.05, 0.1) is 5.69 Å². The van der Waals surface area contributed by atoms with Crippen molar-refractivity contribution in [1.82, 2.24) is 9.80 Å². The number of amides is 2. The van der Waals surface area contributed by atoms with Gasteiger partial charge in [0.2, 0.25) is 5.88 Å². The zero-order valence-corrected chi connectivity index (χ0v) is 22.1. The second-order valence-corrected chi connectivity index (χ2v) is 10.7. The highest BCUT2D eigenvalue weighted by atomic mass is 32.1. The summed E-state index contributed by atoms with van der Waals surface area (Å²) < 4.78 is 13.0. The van der Waals surface area contributed by atoms with Gasteiger partial charge < -0.3 is 25.0 Å². The van der Waals surface area contributed by atoms with Crippen LogP contribution in [0.25, 0.3) is 10.1 Å². The van der Waals surface area contributed by atoms with E-state index >= 15 is 0 Å². The van der Waals surface area contributed by atoms with E-state index in [0.29, 0.717) is 6.54 Å². The molecule has 3 aliphatic rings. The average Bonchev–Trinajstić information content (AvgIpc) is 3.19. The molecule has 1 saturated heterocycles. The van der Waals surface area contributed by atoms with E-state index in [2.05, 4.69) is 40.2 Å². The van der Waals surface area contributed by atoms with Crippen molar-refractivity contribution in [1.29, 1.82) is 0 Å². The van der Waals surface area contributed by atoms with E-state index in [-0.39, 0.29) is 6.03 Å². The van der Waals surface area contributed by atoms with Crippen molar-refractivity contribution in [2.45, 2.75) is 38.5 Å². The Morgan fingerprint density at radius 1 is 1.11 bits per heavy atom. The molecule has 8 heteroatoms. The number of primary amides is 1. The first-order valence-corrected chi connectivity index (χ1v) is 14.1. The summed E-state index contributed by atoms with van der Waals surface area (Å²) >= 11 is 1.65. The van der Waals surface area contributed by atoms with Crippen LogP contribution in [0.2, 0.25) is 0 Å². The van der Waals surface area contributed by atoms with Crippen LogP contribution in [0.15, 0.2) is 77.6 Å². The molecule has 0 bridgehead atoms. The monoisotopic (exact) mass is 520 g/mol. The number of nitrogens with two attached hydrogens (primary N) is 1. The number of hydrogen-bond donors (Lipinski definition) is 1. The Balaban J connectivity index is 1.07. The van der Waals surface area contributed by atoms with Crippen LogP contribution in [0.1, 0.15) is 38.5 Å². The van der Waals surface area contributed by atoms with Crippen LogP contribution in [-0.4, -0.2) is 55.1 Å². The van der Waals surface area contributed by atoms with Gasteiger partial charge >= 0.3 is 6.03 Å². The molecule has 0 spiro atoms. The second kappa shape index (κ2) is 12.3. The molecule has 0 saturated carbocycles. The van der Waals surface area contributed by atoms with Crippen molar-refractivity contribution in [2.24, 2.45) is 5.73 Å². The first-order chi connectivity index (χ1) is 18.2. The lowest BCUT2D eigenvalue weighted by atomic mass is 10.0. The molecule has 5 rings (SSSR count). The number of carbonyl (C=O) groups is 1. The first-order valence-electron chi connectivity index (χ1n) is 13.2. The molecule has 0 atom stereocenters. The number of fused-ring (bicyclic) bond motifs is 1. The summed E-state index contributed by atoms with van der Waals surface area (Å²) in [5.41, 5.74) is 8.05. The van der Waals surface area contributed by atoms with Gasteiger partial charge in [0.25, 0.3) is 0 Å². The van der Waals surface area contributed by atoms with Crippen molar-refractivity contribution in [3.8, 4) is 0 Å². The van der Waals surface area contributed by atoms with Crippen LogP contribution in [0.5, 0.6) is 0 Å². The van der Waals surface area contributed by atoms with E-state index in [4.69, 9.17) is 15.2 Å². The van der Waals surface area contributed by atoms with Gasteiger partial charge in [0.1, 0.15) is 12.0 Å². The third kappa shape index (κ3) is 6.56. The lowest BCUT2D eigenvalue weighted by molar-refractivity contribution is 0.120. The minimum atomic E-state index is -0.387. The minimum absolute atomic E-state index is 0.387. The molecule has 2 N–H and O–H groups in total. The molecule has 196 valence electrons. The number of carbonyl (C=O) groups excluding carboxylic acids is 1. The molecule has 2 aromatic rings. The maximum Gasteiger partial charge on any atom is 0.319 e. The maximum absolute atomic E-state index is 12.2. The largest absolute Gasteiger partial charge is 0.464 e. The summed E-state index contributed by atoms with van der Waals surface area (Å²) in [5, 5.41) is 3.13. The molecule has 1 aliphatic carbocycles. The van der Waals surface area contributed by atoms with Gasteiger partial charge in [-0.05, 0) is 51.3 Å². The number of unbranched alkanes of at least 4 members (excludes halogenated alkanes) is 1. The van der Waals surface area contributed by atoms with Crippen LogP contribution < -0.4 is 10.6 Å². The number of anilines is 1. The molecular weight excluding hydrogens is 484 g/mol. The Morgan fingerprint density at radius 2 is 2.03 bits per heavy atom. The lowest BCUT2D eigenvalue weighted by Crippen LogP contribution is -2.37. The van der Waals surface area contributed by atoms with E-state index in [0.717, 1.165) is 94.0 Å². The lowest BCUT2D eigenvalue weighted by Gasteiger charge is -2.28. The number of thiophene rings is 1. The fraction of sp³-hybridized carbons (Fsp3) is 0.414. The topological polar surface area (TPSA) is 71.3 Å². The molecule has 1 aromatic carbocycles. The van der Waals surface area contributed by atoms with Gasteiger partial charge in [-0.25, -0.2) is 4.79 Å². The number of hydrogen-bond acceptors (Lipinski definition) is 6. The van der Waals surface area contributed by atoms with Crippen molar-refractivity contribution in [3.63, 3.8) is 0 Å². The summed E-state index contributed by atoms with van der Waals surface area (Å²) in [6.45, 7) is 5.53. The van der Waals surface area contributed by atoms with Gasteiger partial charge in [-0.2, -0.15) is 0 Å². The van der Waals surface area contributed by atoms with E-state index in [1.807, 2.05) is 17.5 Å². The van der Waals surface area contributed by atoms with Gasteiger partial charge in [0, 0.05) is 48.1 Å². The van der Waals surface area contributed by atoms with Crippen LogP contribution in [-0.2, 0) is 9.47 Å². The Morgan fingerprint density at radius 3 is 2.89 bits per heavy atom. The molecule has 2 amide bonds. The summed E-state index contributed by atoms with van der Waals surface area (Å²) in [4.78, 5) is 18.7. The van der Waals surface area contributed by atoms with Crippen molar-refractivity contribution in [2.75, 3.05) is 44.2 Å². The third-order valence-corrected chi connectivity index (χ3v) is 8.08. The van der Waals surface area contributed by atoms with Crippen LogP contribution in [0.3, 0.4) is 0 Å². The number of urea groups is 1. The predicted octanol–water partition coefficient (Wildman–Crippen LogP) is 5.93. The second-order valence-electron chi connectivity index (χ2n) is 9.74. The van der Waals surface area contributed by atoms with Crippen LogP contribution in [0, 0.1) is 0 Å². The number of nitrogens with zero attached hydrogens (tertiary/aromatic N) is 3. The maximum atomic E-state index is 12.2. The zero-order valence-electron chi connectivity index (χ0n) is 21.3. The van der Waals surface area contributed by atoms with Crippen LogP contribution >= 0.6 is 11.3 Å². The molecule has 1 fully saturated rings. The van der Waals surface area contributed by atoms with Gasteiger partial charge in [-0.15, -0.1) is 11.3 Å². The molecule has 1 aromatic heterocycles. The Kier molecular flexibility index (Phi) is 8.48. The number of benzene rings is 1. The predicted molar refractivity (Wildman–Crippen MR) is 150 cm³/mol. The normalized spacial score (nSPS) is 18.4. The van der Waals surface area contributed by atoms with E-state index in [1.165, 1.54) is 10.3 Å². The smallest absolute Gasteiger partial charge is 0.319 e. The standard InChI is InChI=1S/C29H36N4O3S/c30-29(34)33(26-22-37-27-12-5-4-11-25(26)27)16-7-6-13-31-14-8-15-32(18-17-31)28-21-35-20-24(36-28)19-23-9-2-1-3-10-23/h1-2,4-5,9,11-12,20-22H,3,6-8,10,13-19H2,(H2,30,34). The summed E-state index contributed by atoms with van der Waals surface area (Å²) in [7, 11) is 0. The van der Waals surface area contributed by atoms with Gasteiger partial charge in [-0.1, -0.05) is 42.0 Å². The third-order valence-electron chi connectivity index (χ3n) is 7.13. The minimum Gasteiger partial charge on any atom is -0.464 e. The van der Waals surface area contributed by atoms with Crippen molar-refractivity contribution >= 4 is 33.1 Å². The fourth-order valence-electron chi connectivity index (χ4n) is 5.13. The Labute approximate surface area is 223 Å². The fourth-order valence-corrected chi connectivity index (χ4v) is 6.08. The molecule has 37 heavy (non-hydrogen) atoms. The van der Waals surface area contributed by atoms with Crippen molar-refractivity contribution in [3.05, 3.63) is 77.6 Å². The first kappa shape index (κ1) is 25.4. The van der Waals surface area contributed by atoms with E-state index in [9.17, 15) is 4.79 Å². The summed E-state index contributed by atoms with van der Waals surface area (Å²) in [6, 6.07) is 7.77. The number of rotatable bonds is 9. The molecule has 7 nitrogen and oxygen atoms in total.